The molecule has 0 heterocycles. The lowest BCUT2D eigenvalue weighted by Crippen LogP contribution is -2.44. The van der Waals surface area contributed by atoms with Crippen molar-refractivity contribution in [2.75, 3.05) is 7.11 Å². The molecular weight excluding hydrogens is 308 g/mol. The van der Waals surface area contributed by atoms with Gasteiger partial charge in [-0.05, 0) is 49.2 Å². The van der Waals surface area contributed by atoms with E-state index in [9.17, 15) is 9.59 Å². The molecule has 0 aromatic rings. The Hall–Kier alpha value is -1.04. The van der Waals surface area contributed by atoms with Crippen molar-refractivity contribution in [2.45, 2.75) is 69.9 Å². The summed E-state index contributed by atoms with van der Waals surface area (Å²) in [6, 6.07) is 0. The normalized spacial score (nSPS) is 29.1. The second kappa shape index (κ2) is 6.11. The van der Waals surface area contributed by atoms with Crippen LogP contribution in [0.2, 0.25) is 18.1 Å². The van der Waals surface area contributed by atoms with Crippen LogP contribution in [-0.4, -0.2) is 38.7 Å². The Morgan fingerprint density at radius 1 is 1.26 bits per heavy atom. The van der Waals surface area contributed by atoms with Crippen molar-refractivity contribution >= 4 is 19.9 Å². The molecule has 2 aliphatic rings. The van der Waals surface area contributed by atoms with Crippen LogP contribution in [-0.2, 0) is 18.8 Å². The standard InChI is InChI=1S/C18H28O4Si/c1-17(2,3)23(5,6)22-15-8-10-18(21-4)9-7-14(19)11-13(12-15)16(18)20/h7,9,11,15H,8,10,12H2,1-6H3/t15-,18-/m1/s1. The molecule has 0 radical (unpaired) electrons. The molecule has 2 aliphatic carbocycles. The summed E-state index contributed by atoms with van der Waals surface area (Å²) in [6.07, 6.45) is 6.27. The second-order valence-electron chi connectivity index (χ2n) is 8.07. The summed E-state index contributed by atoms with van der Waals surface area (Å²) in [7, 11) is -0.395. The number of rotatable bonds is 3. The quantitative estimate of drug-likeness (QED) is 0.739. The molecule has 0 spiro atoms. The van der Waals surface area contributed by atoms with Crippen molar-refractivity contribution < 1.29 is 18.8 Å². The molecule has 0 aromatic carbocycles. The molecule has 0 aliphatic heterocycles. The number of hydrogen-bond acceptors (Lipinski definition) is 4. The Kier molecular flexibility index (Phi) is 4.86. The third-order valence-electron chi connectivity index (χ3n) is 5.43. The van der Waals surface area contributed by atoms with Crippen molar-refractivity contribution in [3.05, 3.63) is 23.8 Å². The van der Waals surface area contributed by atoms with E-state index in [1.54, 1.807) is 6.08 Å². The maximum Gasteiger partial charge on any atom is 0.194 e. The van der Waals surface area contributed by atoms with Crippen LogP contribution in [0.1, 0.15) is 40.0 Å². The summed E-state index contributed by atoms with van der Waals surface area (Å²) < 4.78 is 12.0. The van der Waals surface area contributed by atoms with Gasteiger partial charge in [-0.15, -0.1) is 0 Å². The summed E-state index contributed by atoms with van der Waals surface area (Å²) in [6.45, 7) is 11.0. The van der Waals surface area contributed by atoms with Crippen molar-refractivity contribution in [3.8, 4) is 0 Å². The van der Waals surface area contributed by atoms with Crippen LogP contribution in [0, 0.1) is 0 Å². The van der Waals surface area contributed by atoms with E-state index in [0.29, 0.717) is 18.4 Å². The fraction of sp³-hybridized carbons (Fsp3) is 0.667. The second-order valence-corrected chi connectivity index (χ2v) is 12.8. The highest BCUT2D eigenvalue weighted by Crippen LogP contribution is 2.41. The van der Waals surface area contributed by atoms with E-state index in [4.69, 9.17) is 9.16 Å². The number of hydrogen-bond donors (Lipinski definition) is 0. The maximum atomic E-state index is 12.8. The third-order valence-corrected chi connectivity index (χ3v) is 9.96. The van der Waals surface area contributed by atoms with Crippen LogP contribution in [0.15, 0.2) is 23.8 Å². The highest BCUT2D eigenvalue weighted by atomic mass is 28.4. The summed E-state index contributed by atoms with van der Waals surface area (Å²) in [5, 5.41) is 0.109. The van der Waals surface area contributed by atoms with Gasteiger partial charge in [-0.25, -0.2) is 0 Å². The Bertz CT molecular complexity index is 568. The predicted molar refractivity (Wildman–Crippen MR) is 92.9 cm³/mol. The van der Waals surface area contributed by atoms with Crippen LogP contribution < -0.4 is 0 Å². The van der Waals surface area contributed by atoms with E-state index >= 15 is 0 Å². The van der Waals surface area contributed by atoms with Gasteiger partial charge < -0.3 is 9.16 Å². The minimum absolute atomic E-state index is 0.0394. The summed E-state index contributed by atoms with van der Waals surface area (Å²) >= 11 is 0. The number of ketones is 2. The van der Waals surface area contributed by atoms with Gasteiger partial charge in [0.15, 0.2) is 19.9 Å². The van der Waals surface area contributed by atoms with E-state index in [-0.39, 0.29) is 22.7 Å². The van der Waals surface area contributed by atoms with Crippen LogP contribution in [0.5, 0.6) is 0 Å². The molecule has 1 saturated carbocycles. The van der Waals surface area contributed by atoms with Gasteiger partial charge in [0, 0.05) is 25.2 Å². The fourth-order valence-electron chi connectivity index (χ4n) is 2.88. The molecule has 23 heavy (non-hydrogen) atoms. The van der Waals surface area contributed by atoms with Crippen molar-refractivity contribution in [1.29, 1.82) is 0 Å². The Morgan fingerprint density at radius 2 is 1.91 bits per heavy atom. The van der Waals surface area contributed by atoms with Gasteiger partial charge >= 0.3 is 0 Å². The van der Waals surface area contributed by atoms with Gasteiger partial charge in [-0.2, -0.15) is 0 Å². The molecule has 2 bridgehead atoms. The molecule has 0 N–H and O–H groups in total. The molecule has 4 nitrogen and oxygen atoms in total. The average Bonchev–Trinajstić information content (AvgIpc) is 2.62. The van der Waals surface area contributed by atoms with E-state index in [0.717, 1.165) is 6.42 Å². The number of allylic oxidation sites excluding steroid dienone is 2. The average molecular weight is 337 g/mol. The number of fused-ring (bicyclic) bond motifs is 2. The van der Waals surface area contributed by atoms with Crippen LogP contribution in [0.3, 0.4) is 0 Å². The van der Waals surface area contributed by atoms with E-state index in [1.165, 1.54) is 19.3 Å². The highest BCUT2D eigenvalue weighted by Gasteiger charge is 2.45. The molecule has 2 atom stereocenters. The number of carbonyl (C=O) groups is 2. The zero-order valence-corrected chi connectivity index (χ0v) is 16.1. The lowest BCUT2D eigenvalue weighted by atomic mass is 9.91. The van der Waals surface area contributed by atoms with Crippen molar-refractivity contribution in [1.82, 2.24) is 0 Å². The Labute approximate surface area is 140 Å². The number of carbonyl (C=O) groups excluding carboxylic acids is 2. The summed E-state index contributed by atoms with van der Waals surface area (Å²) in [4.78, 5) is 24.7. The third kappa shape index (κ3) is 3.57. The molecule has 0 unspecified atom stereocenters. The van der Waals surface area contributed by atoms with Crippen LogP contribution in [0.25, 0.3) is 0 Å². The van der Waals surface area contributed by atoms with Gasteiger partial charge in [-0.1, -0.05) is 20.8 Å². The molecule has 0 aromatic heterocycles. The first kappa shape index (κ1) is 18.3. The van der Waals surface area contributed by atoms with Gasteiger partial charge in [0.1, 0.15) is 5.60 Å². The smallest absolute Gasteiger partial charge is 0.194 e. The molecule has 5 heteroatoms. The topological polar surface area (TPSA) is 52.6 Å². The zero-order chi connectivity index (χ0) is 17.5. The first-order chi connectivity index (χ1) is 10.5. The SMILES string of the molecule is CO[C@]12C=CC(=O)C=C(C[C@H](O[Si](C)(C)C(C)(C)C)CC1)C2=O. The van der Waals surface area contributed by atoms with Crippen molar-refractivity contribution in [3.63, 3.8) is 0 Å². The Morgan fingerprint density at radius 3 is 2.48 bits per heavy atom. The van der Waals surface area contributed by atoms with Gasteiger partial charge in [0.05, 0.1) is 0 Å². The first-order valence-corrected chi connectivity index (χ1v) is 11.1. The van der Waals surface area contributed by atoms with Crippen LogP contribution >= 0.6 is 0 Å². The minimum Gasteiger partial charge on any atom is -0.414 e. The zero-order valence-electron chi connectivity index (χ0n) is 15.1. The largest absolute Gasteiger partial charge is 0.414 e. The summed E-state index contributed by atoms with van der Waals surface area (Å²) in [5.74, 6) is -0.247. The highest BCUT2D eigenvalue weighted by molar-refractivity contribution is 6.74. The number of Topliss-reactive ketones (excluding diaryl/α,β-unsaturated/α-hetero) is 1. The summed E-state index contributed by atoms with van der Waals surface area (Å²) in [5.41, 5.74) is -0.480. The van der Waals surface area contributed by atoms with E-state index in [2.05, 4.69) is 33.9 Å². The minimum atomic E-state index is -1.93. The van der Waals surface area contributed by atoms with E-state index < -0.39 is 13.9 Å². The van der Waals surface area contributed by atoms with E-state index in [1.807, 2.05) is 0 Å². The lowest BCUT2D eigenvalue weighted by Gasteiger charge is -2.39. The molecule has 2 rings (SSSR count). The molecule has 0 saturated heterocycles. The fourth-order valence-corrected chi connectivity index (χ4v) is 4.27. The maximum absolute atomic E-state index is 12.8. The molecule has 128 valence electrons. The predicted octanol–water partition coefficient (Wildman–Crippen LogP) is 3.58. The number of methoxy groups -OCH3 is 1. The lowest BCUT2D eigenvalue weighted by molar-refractivity contribution is -0.131. The van der Waals surface area contributed by atoms with Gasteiger partial charge in [0.2, 0.25) is 0 Å². The molecular formula is C18H28O4Si. The molecule has 1 fully saturated rings. The Balaban J connectivity index is 2.31. The molecule has 0 amide bonds. The van der Waals surface area contributed by atoms with Crippen molar-refractivity contribution in [2.24, 2.45) is 0 Å². The van der Waals surface area contributed by atoms with Crippen LogP contribution in [0.4, 0.5) is 0 Å². The first-order valence-electron chi connectivity index (χ1n) is 8.22. The van der Waals surface area contributed by atoms with Gasteiger partial charge in [0.25, 0.3) is 0 Å². The monoisotopic (exact) mass is 336 g/mol. The van der Waals surface area contributed by atoms with Gasteiger partial charge in [-0.3, -0.25) is 9.59 Å². The number of ether oxygens (including phenoxy) is 1.